The van der Waals surface area contributed by atoms with Crippen LogP contribution in [-0.4, -0.2) is 53.6 Å². The van der Waals surface area contributed by atoms with Crippen LogP contribution in [0.25, 0.3) is 16.3 Å². The van der Waals surface area contributed by atoms with Crippen molar-refractivity contribution in [1.82, 2.24) is 20.4 Å². The van der Waals surface area contributed by atoms with Gasteiger partial charge in [-0.2, -0.15) is 4.98 Å². The van der Waals surface area contributed by atoms with E-state index in [1.54, 1.807) is 25.6 Å². The monoisotopic (exact) mass is 498 g/mol. The molecule has 2 aromatic heterocycles. The Hall–Kier alpha value is -2.95. The first-order chi connectivity index (χ1) is 16.6. The Morgan fingerprint density at radius 1 is 1.24 bits per heavy atom. The van der Waals surface area contributed by atoms with Crippen LogP contribution in [0, 0.1) is 0 Å². The van der Waals surface area contributed by atoms with Crippen LogP contribution in [0.5, 0.6) is 11.5 Å². The highest BCUT2D eigenvalue weighted by Crippen LogP contribution is 2.40. The van der Waals surface area contributed by atoms with Gasteiger partial charge >= 0.3 is 0 Å². The fourth-order valence-corrected chi connectivity index (χ4v) is 5.37. The Bertz CT molecular complexity index is 1200. The lowest BCUT2D eigenvalue weighted by Gasteiger charge is -2.38. The molecule has 0 spiro atoms. The van der Waals surface area contributed by atoms with E-state index in [9.17, 15) is 0 Å². The molecule has 0 amide bonds. The second-order valence-corrected chi connectivity index (χ2v) is 9.48. The van der Waals surface area contributed by atoms with Gasteiger partial charge in [0.05, 0.1) is 43.4 Å². The quantitative estimate of drug-likeness (QED) is 0.468. The highest BCUT2D eigenvalue weighted by atomic mass is 32.1. The molecule has 178 valence electrons. The molecule has 0 saturated carbocycles. The molecular weight excluding hydrogens is 472 g/mol. The lowest BCUT2D eigenvalue weighted by Crippen LogP contribution is -2.48. The van der Waals surface area contributed by atoms with Crippen molar-refractivity contribution >= 4 is 34.2 Å². The zero-order valence-electron chi connectivity index (χ0n) is 19.2. The van der Waals surface area contributed by atoms with Crippen LogP contribution in [0.4, 0.5) is 0 Å². The lowest BCUT2D eigenvalue weighted by atomic mass is 9.94. The van der Waals surface area contributed by atoms with Crippen molar-refractivity contribution in [3.05, 3.63) is 52.9 Å². The second kappa shape index (κ2) is 9.73. The molecule has 5 rings (SSSR count). The molecule has 1 aromatic carbocycles. The van der Waals surface area contributed by atoms with Crippen LogP contribution in [0.3, 0.4) is 0 Å². The van der Waals surface area contributed by atoms with Crippen molar-refractivity contribution in [3.8, 4) is 22.2 Å². The summed E-state index contributed by atoms with van der Waals surface area (Å²) >= 11 is 7.37. The second-order valence-electron chi connectivity index (χ2n) is 8.14. The zero-order chi connectivity index (χ0) is 23.7. The number of thiophene rings is 1. The number of rotatable bonds is 7. The van der Waals surface area contributed by atoms with Gasteiger partial charge in [0.2, 0.25) is 5.82 Å². The van der Waals surface area contributed by atoms with Gasteiger partial charge < -0.3 is 29.0 Å². The normalized spacial score (nSPS) is 20.6. The molecule has 0 aliphatic carbocycles. The maximum absolute atomic E-state index is 5.88. The van der Waals surface area contributed by atoms with E-state index in [2.05, 4.69) is 15.4 Å². The molecule has 1 saturated heterocycles. The van der Waals surface area contributed by atoms with Gasteiger partial charge in [-0.15, -0.1) is 11.3 Å². The van der Waals surface area contributed by atoms with Crippen molar-refractivity contribution in [2.45, 2.75) is 31.9 Å². The van der Waals surface area contributed by atoms with Gasteiger partial charge in [0.25, 0.3) is 5.89 Å². The minimum atomic E-state index is -0.301. The number of aromatic nitrogens is 2. The van der Waals surface area contributed by atoms with E-state index in [1.807, 2.05) is 42.6 Å². The number of benzene rings is 1. The first-order valence-corrected chi connectivity index (χ1v) is 12.4. The third-order valence-electron chi connectivity index (χ3n) is 6.15. The highest BCUT2D eigenvalue weighted by Gasteiger charge is 2.36. The zero-order valence-corrected chi connectivity index (χ0v) is 20.9. The van der Waals surface area contributed by atoms with E-state index < -0.39 is 0 Å². The largest absolute Gasteiger partial charge is 0.493 e. The van der Waals surface area contributed by atoms with Gasteiger partial charge in [-0.1, -0.05) is 17.3 Å². The Morgan fingerprint density at radius 3 is 2.79 bits per heavy atom. The first kappa shape index (κ1) is 22.8. The molecule has 2 unspecified atom stereocenters. The molecule has 3 aromatic rings. The van der Waals surface area contributed by atoms with E-state index in [-0.39, 0.29) is 12.1 Å². The molecule has 0 radical (unpaired) electrons. The molecule has 0 bridgehead atoms. The Balaban J connectivity index is 1.59. The Labute approximate surface area is 207 Å². The van der Waals surface area contributed by atoms with Crippen LogP contribution >= 0.6 is 23.6 Å². The minimum absolute atomic E-state index is 0.137. The Kier molecular flexibility index (Phi) is 6.53. The van der Waals surface area contributed by atoms with Crippen molar-refractivity contribution < 1.29 is 18.7 Å². The van der Waals surface area contributed by atoms with Crippen molar-refractivity contribution in [3.63, 3.8) is 0 Å². The predicted octanol–water partition coefficient (Wildman–Crippen LogP) is 4.66. The fraction of sp³-hybridized carbons (Fsp3) is 0.375. The van der Waals surface area contributed by atoms with Crippen molar-refractivity contribution in [1.29, 1.82) is 0 Å². The maximum atomic E-state index is 5.88. The van der Waals surface area contributed by atoms with E-state index in [1.165, 1.54) is 0 Å². The standard InChI is InChI=1S/C24H26N4O4S2/c1-14-20(23-26-22(27-32-23)19-7-5-11-34-19)21(15-8-9-17(29-2)18(12-15)30-3)25-24(33)28(14)13-16-6-4-10-31-16/h5,7-9,11-12,16,21H,4,6,10,13H2,1-3H3,(H,25,33). The molecule has 2 atom stereocenters. The number of nitrogens with zero attached hydrogens (tertiary/aromatic N) is 3. The maximum Gasteiger partial charge on any atom is 0.258 e. The molecule has 4 heterocycles. The number of hydrogen-bond acceptors (Lipinski definition) is 8. The average Bonchev–Trinajstić information content (AvgIpc) is 3.63. The molecule has 10 heteroatoms. The van der Waals surface area contributed by atoms with Crippen LogP contribution in [0.15, 0.2) is 45.9 Å². The SMILES string of the molecule is COc1ccc(C2NC(=S)N(CC3CCCO3)C(C)=C2c2nc(-c3cccs3)no2)cc1OC. The number of thiocarbonyl (C=S) groups is 1. The summed E-state index contributed by atoms with van der Waals surface area (Å²) in [7, 11) is 3.24. The van der Waals surface area contributed by atoms with Crippen molar-refractivity contribution in [2.75, 3.05) is 27.4 Å². The Morgan fingerprint density at radius 2 is 2.09 bits per heavy atom. The molecule has 8 nitrogen and oxygen atoms in total. The third-order valence-corrected chi connectivity index (χ3v) is 7.35. The molecule has 2 aliphatic heterocycles. The number of allylic oxidation sites excluding steroid dienone is 1. The summed E-state index contributed by atoms with van der Waals surface area (Å²) < 4.78 is 22.6. The number of methoxy groups -OCH3 is 2. The molecule has 34 heavy (non-hydrogen) atoms. The average molecular weight is 499 g/mol. The summed E-state index contributed by atoms with van der Waals surface area (Å²) in [6, 6.07) is 9.46. The molecule has 1 fully saturated rings. The summed E-state index contributed by atoms with van der Waals surface area (Å²) in [5, 5.41) is 10.4. The highest BCUT2D eigenvalue weighted by molar-refractivity contribution is 7.80. The van der Waals surface area contributed by atoms with Gasteiger partial charge in [-0.3, -0.25) is 0 Å². The topological polar surface area (TPSA) is 81.9 Å². The van der Waals surface area contributed by atoms with E-state index >= 15 is 0 Å². The van der Waals surface area contributed by atoms with Gasteiger partial charge in [0.15, 0.2) is 16.6 Å². The molecule has 1 N–H and O–H groups in total. The first-order valence-electron chi connectivity index (χ1n) is 11.1. The fourth-order valence-electron chi connectivity index (χ4n) is 4.39. The lowest BCUT2D eigenvalue weighted by molar-refractivity contribution is 0.0962. The summed E-state index contributed by atoms with van der Waals surface area (Å²) in [5.74, 6) is 2.31. The van der Waals surface area contributed by atoms with Gasteiger partial charge in [-0.05, 0) is 61.1 Å². The molecular formula is C24H26N4O4S2. The van der Waals surface area contributed by atoms with E-state index in [4.69, 9.17) is 35.9 Å². The minimum Gasteiger partial charge on any atom is -0.493 e. The van der Waals surface area contributed by atoms with Gasteiger partial charge in [0.1, 0.15) is 0 Å². The van der Waals surface area contributed by atoms with Gasteiger partial charge in [-0.25, -0.2) is 0 Å². The van der Waals surface area contributed by atoms with Crippen LogP contribution in [0.1, 0.15) is 37.3 Å². The van der Waals surface area contributed by atoms with E-state index in [0.717, 1.165) is 41.2 Å². The van der Waals surface area contributed by atoms with Crippen molar-refractivity contribution in [2.24, 2.45) is 0 Å². The summed E-state index contributed by atoms with van der Waals surface area (Å²) in [5.41, 5.74) is 2.77. The van der Waals surface area contributed by atoms with Crippen LogP contribution in [0.2, 0.25) is 0 Å². The predicted molar refractivity (Wildman–Crippen MR) is 134 cm³/mol. The van der Waals surface area contributed by atoms with Gasteiger partial charge in [0, 0.05) is 12.3 Å². The number of ether oxygens (including phenoxy) is 3. The summed E-state index contributed by atoms with van der Waals surface area (Å²) in [6.45, 7) is 3.50. The molecule has 2 aliphatic rings. The summed E-state index contributed by atoms with van der Waals surface area (Å²) in [6.07, 6.45) is 2.22. The van der Waals surface area contributed by atoms with E-state index in [0.29, 0.717) is 34.9 Å². The number of nitrogens with one attached hydrogen (secondary N) is 1. The van der Waals surface area contributed by atoms with Crippen LogP contribution in [-0.2, 0) is 4.74 Å². The summed E-state index contributed by atoms with van der Waals surface area (Å²) in [4.78, 5) is 7.77. The smallest absolute Gasteiger partial charge is 0.258 e. The number of hydrogen-bond donors (Lipinski definition) is 1. The third kappa shape index (κ3) is 4.28. The van der Waals surface area contributed by atoms with Crippen LogP contribution < -0.4 is 14.8 Å².